The van der Waals surface area contributed by atoms with E-state index in [-0.39, 0.29) is 42.6 Å². The summed E-state index contributed by atoms with van der Waals surface area (Å²) in [4.78, 5) is 41.2. The topological polar surface area (TPSA) is 114 Å². The van der Waals surface area contributed by atoms with Gasteiger partial charge in [-0.15, -0.1) is 0 Å². The van der Waals surface area contributed by atoms with Crippen LogP contribution < -0.4 is 5.32 Å². The highest BCUT2D eigenvalue weighted by atomic mass is 16.5. The summed E-state index contributed by atoms with van der Waals surface area (Å²) in [6.07, 6.45) is 4.77. The lowest BCUT2D eigenvalue weighted by Gasteiger charge is -2.34. The van der Waals surface area contributed by atoms with E-state index < -0.39 is 18.1 Å². The highest BCUT2D eigenvalue weighted by molar-refractivity contribution is 5.92. The average Bonchev–Trinajstić information content (AvgIpc) is 3.40. The van der Waals surface area contributed by atoms with Gasteiger partial charge in [-0.25, -0.2) is 4.79 Å². The minimum absolute atomic E-state index is 0.0148. The molecule has 3 atom stereocenters. The van der Waals surface area contributed by atoms with Crippen molar-refractivity contribution in [3.63, 3.8) is 0 Å². The number of amides is 2. The molecule has 2 fully saturated rings. The maximum absolute atomic E-state index is 14.0. The van der Waals surface area contributed by atoms with Crippen molar-refractivity contribution in [1.29, 1.82) is 0 Å². The number of rotatable bonds is 12. The van der Waals surface area contributed by atoms with Crippen LogP contribution >= 0.6 is 0 Å². The van der Waals surface area contributed by atoms with Crippen LogP contribution in [0.25, 0.3) is 0 Å². The predicted molar refractivity (Wildman–Crippen MR) is 148 cm³/mol. The molecule has 2 N–H and O–H groups in total. The van der Waals surface area contributed by atoms with Gasteiger partial charge >= 0.3 is 5.97 Å². The fourth-order valence-electron chi connectivity index (χ4n) is 5.66. The zero-order valence-electron chi connectivity index (χ0n) is 23.1. The number of nitrogens with zero attached hydrogens (tertiary/aromatic N) is 1. The van der Waals surface area contributed by atoms with Crippen LogP contribution in [-0.4, -0.2) is 72.8 Å². The third-order valence-corrected chi connectivity index (χ3v) is 7.69. The van der Waals surface area contributed by atoms with Gasteiger partial charge in [0.25, 0.3) is 0 Å². The maximum atomic E-state index is 14.0. The first-order valence-corrected chi connectivity index (χ1v) is 14.1. The summed E-state index contributed by atoms with van der Waals surface area (Å²) in [5.41, 5.74) is 1.73. The van der Waals surface area contributed by atoms with Crippen molar-refractivity contribution in [3.05, 3.63) is 65.7 Å². The number of nitrogens with one attached hydrogen (secondary N) is 1. The van der Waals surface area contributed by atoms with E-state index in [0.29, 0.717) is 31.8 Å². The quantitative estimate of drug-likeness (QED) is 0.307. The highest BCUT2D eigenvalue weighted by Crippen LogP contribution is 2.30. The largest absolute Gasteiger partial charge is 0.508 e. The molecule has 4 rings (SSSR count). The number of hydrogen-bond acceptors (Lipinski definition) is 7. The molecule has 0 radical (unpaired) electrons. The molecule has 0 bridgehead atoms. The van der Waals surface area contributed by atoms with E-state index in [1.54, 1.807) is 18.2 Å². The van der Waals surface area contributed by atoms with Crippen LogP contribution in [0.1, 0.15) is 49.7 Å². The number of carbonyl (C=O) groups is 3. The first kappa shape index (κ1) is 29.6. The summed E-state index contributed by atoms with van der Waals surface area (Å²) in [5.74, 6) is -1.00. The van der Waals surface area contributed by atoms with Gasteiger partial charge in [-0.05, 0) is 42.0 Å². The van der Waals surface area contributed by atoms with Crippen molar-refractivity contribution >= 4 is 17.8 Å². The van der Waals surface area contributed by atoms with E-state index in [2.05, 4.69) is 5.32 Å². The first-order valence-electron chi connectivity index (χ1n) is 14.1. The molecule has 1 heterocycles. The van der Waals surface area contributed by atoms with Crippen LogP contribution in [0.3, 0.4) is 0 Å². The molecule has 1 aliphatic heterocycles. The summed E-state index contributed by atoms with van der Waals surface area (Å²) >= 11 is 0. The van der Waals surface area contributed by atoms with Gasteiger partial charge in [0, 0.05) is 13.0 Å². The molecule has 1 aliphatic carbocycles. The van der Waals surface area contributed by atoms with Gasteiger partial charge in [0.2, 0.25) is 11.8 Å². The summed E-state index contributed by atoms with van der Waals surface area (Å²) in [7, 11) is 1.31. The van der Waals surface area contributed by atoms with Gasteiger partial charge in [0.05, 0.1) is 39.5 Å². The van der Waals surface area contributed by atoms with Crippen molar-refractivity contribution in [3.8, 4) is 5.75 Å². The van der Waals surface area contributed by atoms with E-state index >= 15 is 0 Å². The fraction of sp³-hybridized carbons (Fsp3) is 0.516. The molecule has 1 saturated carbocycles. The summed E-state index contributed by atoms with van der Waals surface area (Å²) in [6.45, 7) is 1.44. The van der Waals surface area contributed by atoms with Crippen molar-refractivity contribution < 1.29 is 33.7 Å². The van der Waals surface area contributed by atoms with Gasteiger partial charge in [0.1, 0.15) is 17.8 Å². The number of carbonyl (C=O) groups excluding carboxylic acids is 3. The Morgan fingerprint density at radius 3 is 2.48 bits per heavy atom. The van der Waals surface area contributed by atoms with Gasteiger partial charge in [0.15, 0.2) is 0 Å². The molecular weight excluding hydrogens is 512 g/mol. The number of esters is 1. The Kier molecular flexibility index (Phi) is 10.9. The summed E-state index contributed by atoms with van der Waals surface area (Å²) in [5, 5.41) is 12.7. The molecule has 0 spiro atoms. The Labute approximate surface area is 235 Å². The number of likely N-dealkylation sites (tertiary alicyclic amines) is 1. The lowest BCUT2D eigenvalue weighted by atomic mass is 9.83. The van der Waals surface area contributed by atoms with Crippen LogP contribution in [0.4, 0.5) is 0 Å². The summed E-state index contributed by atoms with van der Waals surface area (Å²) < 4.78 is 16.7. The molecule has 2 aliphatic rings. The highest BCUT2D eigenvalue weighted by Gasteiger charge is 2.44. The molecule has 2 amide bonds. The predicted octanol–water partition coefficient (Wildman–Crippen LogP) is 3.38. The van der Waals surface area contributed by atoms with Crippen LogP contribution in [0.2, 0.25) is 0 Å². The Balaban J connectivity index is 1.39. The zero-order chi connectivity index (χ0) is 28.3. The average molecular weight is 553 g/mol. The second-order valence-corrected chi connectivity index (χ2v) is 10.6. The van der Waals surface area contributed by atoms with E-state index in [1.807, 2.05) is 30.3 Å². The van der Waals surface area contributed by atoms with Gasteiger partial charge < -0.3 is 29.5 Å². The lowest BCUT2D eigenvalue weighted by molar-refractivity contribution is -0.152. The van der Waals surface area contributed by atoms with Crippen LogP contribution in [0.5, 0.6) is 5.75 Å². The lowest BCUT2D eigenvalue weighted by Crippen LogP contribution is -2.55. The van der Waals surface area contributed by atoms with Crippen molar-refractivity contribution in [2.75, 3.05) is 26.9 Å². The van der Waals surface area contributed by atoms with Crippen molar-refractivity contribution in [2.24, 2.45) is 5.92 Å². The number of benzene rings is 2. The molecule has 0 unspecified atom stereocenters. The van der Waals surface area contributed by atoms with Crippen molar-refractivity contribution in [1.82, 2.24) is 10.2 Å². The van der Waals surface area contributed by atoms with E-state index in [9.17, 15) is 19.5 Å². The third-order valence-electron chi connectivity index (χ3n) is 7.69. The van der Waals surface area contributed by atoms with E-state index in [0.717, 1.165) is 37.7 Å². The molecule has 0 aromatic heterocycles. The Bertz CT molecular complexity index is 1120. The Morgan fingerprint density at radius 1 is 1.00 bits per heavy atom. The monoisotopic (exact) mass is 552 g/mol. The number of phenolic OH excluding ortho intramolecular Hbond substituents is 1. The molecule has 216 valence electrons. The normalized spacial score (nSPS) is 20.2. The Morgan fingerprint density at radius 2 is 1.75 bits per heavy atom. The molecule has 2 aromatic carbocycles. The smallest absolute Gasteiger partial charge is 0.328 e. The number of ether oxygens (including phenoxy) is 3. The minimum atomic E-state index is -0.776. The van der Waals surface area contributed by atoms with E-state index in [1.165, 1.54) is 18.1 Å². The van der Waals surface area contributed by atoms with Crippen LogP contribution in [0, 0.1) is 5.92 Å². The number of methoxy groups -OCH3 is 1. The van der Waals surface area contributed by atoms with Gasteiger partial charge in [-0.3, -0.25) is 9.59 Å². The van der Waals surface area contributed by atoms with Crippen LogP contribution in [-0.2, 0) is 41.6 Å². The van der Waals surface area contributed by atoms with Gasteiger partial charge in [-0.2, -0.15) is 0 Å². The SMILES string of the molecule is COC(=O)[C@@H]1C[C@@H](OCCOCc2ccccc2)CN1C(=O)[C@@H](NC(=O)Cc1cccc(O)c1)C1CCCCC1. The fourth-order valence-corrected chi connectivity index (χ4v) is 5.66. The zero-order valence-corrected chi connectivity index (χ0v) is 23.1. The molecule has 40 heavy (non-hydrogen) atoms. The maximum Gasteiger partial charge on any atom is 0.328 e. The van der Waals surface area contributed by atoms with Gasteiger partial charge in [-0.1, -0.05) is 61.7 Å². The Hall–Kier alpha value is -3.43. The molecule has 1 saturated heterocycles. The second kappa shape index (κ2) is 14.8. The first-order chi connectivity index (χ1) is 19.4. The summed E-state index contributed by atoms with van der Waals surface area (Å²) in [6, 6.07) is 14.9. The molecular formula is C31H40N2O7. The minimum Gasteiger partial charge on any atom is -0.508 e. The molecule has 2 aromatic rings. The number of hydrogen-bond donors (Lipinski definition) is 2. The number of phenols is 1. The van der Waals surface area contributed by atoms with E-state index in [4.69, 9.17) is 14.2 Å². The van der Waals surface area contributed by atoms with Crippen molar-refractivity contribution in [2.45, 2.75) is 69.7 Å². The standard InChI is InChI=1S/C31H40N2O7/c1-38-31(37)27-19-26(40-16-15-39-21-22-9-4-2-5-10-22)20-33(27)30(36)29(24-12-6-3-7-13-24)32-28(35)18-23-11-8-14-25(34)17-23/h2,4-5,8-11,14,17,24,26-27,29,34H,3,6-7,12-13,15-16,18-21H2,1H3,(H,32,35)/t26-,27+,29+/m1/s1. The van der Waals surface area contributed by atoms with Crippen LogP contribution in [0.15, 0.2) is 54.6 Å². The molecule has 9 nitrogen and oxygen atoms in total. The third kappa shape index (κ3) is 8.29. The molecule has 9 heteroatoms. The number of aromatic hydroxyl groups is 1. The second-order valence-electron chi connectivity index (χ2n) is 10.6.